The number of hydrogen-bond acceptors (Lipinski definition) is 3. The van der Waals surface area contributed by atoms with Crippen LogP contribution in [0.1, 0.15) is 0 Å². The summed E-state index contributed by atoms with van der Waals surface area (Å²) in [6, 6.07) is 28.6. The number of para-hydroxylation sites is 2. The van der Waals surface area contributed by atoms with Gasteiger partial charge in [-0.25, -0.2) is 9.97 Å². The van der Waals surface area contributed by atoms with Crippen molar-refractivity contribution < 1.29 is 4.42 Å². The molecule has 0 amide bonds. The SMILES string of the molecule is Clc1cnc(-c2cccc3c2oc2ccccc23)nc1-c1ccc2ccccc2c1. The number of aromatic nitrogens is 2. The van der Waals surface area contributed by atoms with E-state index in [0.717, 1.165) is 38.5 Å². The van der Waals surface area contributed by atoms with Crippen molar-refractivity contribution in [3.63, 3.8) is 0 Å². The van der Waals surface area contributed by atoms with Crippen molar-refractivity contribution in [3.05, 3.63) is 96.1 Å². The van der Waals surface area contributed by atoms with Gasteiger partial charge >= 0.3 is 0 Å². The fourth-order valence-electron chi connectivity index (χ4n) is 3.96. The van der Waals surface area contributed by atoms with E-state index in [0.29, 0.717) is 16.5 Å². The van der Waals surface area contributed by atoms with Gasteiger partial charge < -0.3 is 4.42 Å². The predicted molar refractivity (Wildman–Crippen MR) is 123 cm³/mol. The molecule has 0 fully saturated rings. The molecule has 0 aliphatic heterocycles. The molecule has 0 atom stereocenters. The zero-order valence-corrected chi connectivity index (χ0v) is 16.6. The average molecular weight is 407 g/mol. The number of rotatable bonds is 2. The molecule has 0 saturated heterocycles. The third-order valence-corrected chi connectivity index (χ3v) is 5.69. The fourth-order valence-corrected chi connectivity index (χ4v) is 4.16. The van der Waals surface area contributed by atoms with Crippen LogP contribution in [-0.2, 0) is 0 Å². The second-order valence-corrected chi connectivity index (χ2v) is 7.64. The lowest BCUT2D eigenvalue weighted by molar-refractivity contribution is 0.669. The van der Waals surface area contributed by atoms with Gasteiger partial charge in [-0.05, 0) is 29.0 Å². The lowest BCUT2D eigenvalue weighted by atomic mass is 10.0. The summed E-state index contributed by atoms with van der Waals surface area (Å²) >= 11 is 6.50. The van der Waals surface area contributed by atoms with Crippen LogP contribution in [0.3, 0.4) is 0 Å². The topological polar surface area (TPSA) is 38.9 Å². The van der Waals surface area contributed by atoms with Gasteiger partial charge in [0.1, 0.15) is 11.2 Å². The molecule has 4 heteroatoms. The van der Waals surface area contributed by atoms with Crippen molar-refractivity contribution in [2.45, 2.75) is 0 Å². The second kappa shape index (κ2) is 6.68. The minimum absolute atomic E-state index is 0.519. The Labute approximate surface area is 177 Å². The second-order valence-electron chi connectivity index (χ2n) is 7.23. The van der Waals surface area contributed by atoms with Crippen LogP contribution in [0.5, 0.6) is 0 Å². The van der Waals surface area contributed by atoms with Gasteiger partial charge in [-0.1, -0.05) is 78.3 Å². The molecule has 2 aromatic heterocycles. The average Bonchev–Trinajstić information content (AvgIpc) is 3.18. The van der Waals surface area contributed by atoms with Crippen molar-refractivity contribution >= 4 is 44.3 Å². The van der Waals surface area contributed by atoms with Crippen LogP contribution in [0, 0.1) is 0 Å². The van der Waals surface area contributed by atoms with Gasteiger partial charge in [0.05, 0.1) is 22.5 Å². The first-order chi connectivity index (χ1) is 14.8. The van der Waals surface area contributed by atoms with Gasteiger partial charge in [-0.15, -0.1) is 0 Å². The van der Waals surface area contributed by atoms with E-state index in [9.17, 15) is 0 Å². The molecule has 4 aromatic carbocycles. The van der Waals surface area contributed by atoms with E-state index in [2.05, 4.69) is 41.4 Å². The minimum atomic E-state index is 0.519. The van der Waals surface area contributed by atoms with E-state index >= 15 is 0 Å². The Morgan fingerprint density at radius 1 is 0.733 bits per heavy atom. The highest BCUT2D eigenvalue weighted by Crippen LogP contribution is 2.36. The van der Waals surface area contributed by atoms with Crippen molar-refractivity contribution in [1.82, 2.24) is 9.97 Å². The lowest BCUT2D eigenvalue weighted by Crippen LogP contribution is -1.93. The normalized spacial score (nSPS) is 11.5. The summed E-state index contributed by atoms with van der Waals surface area (Å²) in [5.41, 5.74) is 4.15. The van der Waals surface area contributed by atoms with Crippen molar-refractivity contribution in [2.75, 3.05) is 0 Å². The van der Waals surface area contributed by atoms with Crippen LogP contribution in [0.15, 0.2) is 95.5 Å². The van der Waals surface area contributed by atoms with Crippen LogP contribution < -0.4 is 0 Å². The van der Waals surface area contributed by atoms with E-state index in [4.69, 9.17) is 21.0 Å². The molecule has 6 aromatic rings. The molecule has 0 bridgehead atoms. The summed E-state index contributed by atoms with van der Waals surface area (Å²) in [5, 5.41) is 4.97. The maximum atomic E-state index is 6.50. The van der Waals surface area contributed by atoms with Gasteiger partial charge in [0.15, 0.2) is 5.82 Å². The molecule has 0 aliphatic carbocycles. The molecule has 2 heterocycles. The highest BCUT2D eigenvalue weighted by atomic mass is 35.5. The summed E-state index contributed by atoms with van der Waals surface area (Å²) in [6.07, 6.45) is 1.66. The van der Waals surface area contributed by atoms with Crippen LogP contribution in [0.25, 0.3) is 55.4 Å². The Morgan fingerprint density at radius 2 is 1.53 bits per heavy atom. The molecular formula is C26H15ClN2O. The predicted octanol–water partition coefficient (Wildman–Crippen LogP) is 7.52. The van der Waals surface area contributed by atoms with Gasteiger partial charge in [0.2, 0.25) is 0 Å². The van der Waals surface area contributed by atoms with E-state index in [1.54, 1.807) is 6.20 Å². The Balaban J connectivity index is 1.56. The number of benzene rings is 4. The summed E-state index contributed by atoms with van der Waals surface area (Å²) in [5.74, 6) is 0.590. The quantitative estimate of drug-likeness (QED) is 0.298. The molecule has 0 N–H and O–H groups in total. The minimum Gasteiger partial charge on any atom is -0.455 e. The van der Waals surface area contributed by atoms with Gasteiger partial charge in [-0.3, -0.25) is 0 Å². The van der Waals surface area contributed by atoms with Gasteiger partial charge in [-0.2, -0.15) is 0 Å². The van der Waals surface area contributed by atoms with E-state index in [-0.39, 0.29) is 0 Å². The largest absolute Gasteiger partial charge is 0.455 e. The standard InChI is InChI=1S/C26H15ClN2O/c27-22-15-28-26(29-24(22)18-13-12-16-6-1-2-7-17(16)14-18)21-10-5-9-20-19-8-3-4-11-23(19)30-25(20)21/h1-15H. The number of hydrogen-bond donors (Lipinski definition) is 0. The van der Waals surface area contributed by atoms with Crippen molar-refractivity contribution in [2.24, 2.45) is 0 Å². The maximum Gasteiger partial charge on any atom is 0.163 e. The zero-order chi connectivity index (χ0) is 20.1. The van der Waals surface area contributed by atoms with Gasteiger partial charge in [0, 0.05) is 16.3 Å². The molecular weight excluding hydrogens is 392 g/mol. The van der Waals surface area contributed by atoms with Crippen molar-refractivity contribution in [3.8, 4) is 22.6 Å². The third kappa shape index (κ3) is 2.67. The molecule has 0 spiro atoms. The highest BCUT2D eigenvalue weighted by Gasteiger charge is 2.16. The first-order valence-corrected chi connectivity index (χ1v) is 10.1. The summed E-state index contributed by atoms with van der Waals surface area (Å²) in [4.78, 5) is 9.35. The van der Waals surface area contributed by atoms with Gasteiger partial charge in [0.25, 0.3) is 0 Å². The lowest BCUT2D eigenvalue weighted by Gasteiger charge is -2.08. The van der Waals surface area contributed by atoms with Crippen LogP contribution in [0.2, 0.25) is 5.02 Å². The highest BCUT2D eigenvalue weighted by molar-refractivity contribution is 6.33. The zero-order valence-electron chi connectivity index (χ0n) is 15.8. The molecule has 0 saturated carbocycles. The molecule has 30 heavy (non-hydrogen) atoms. The van der Waals surface area contributed by atoms with Crippen LogP contribution >= 0.6 is 11.6 Å². The Kier molecular flexibility index (Phi) is 3.83. The van der Waals surface area contributed by atoms with Crippen LogP contribution in [-0.4, -0.2) is 9.97 Å². The summed E-state index contributed by atoms with van der Waals surface area (Å²) in [6.45, 7) is 0. The Hall–Kier alpha value is -3.69. The monoisotopic (exact) mass is 406 g/mol. The molecule has 0 radical (unpaired) electrons. The number of halogens is 1. The van der Waals surface area contributed by atoms with E-state index in [1.165, 1.54) is 5.39 Å². The number of nitrogens with zero attached hydrogens (tertiary/aromatic N) is 2. The molecule has 3 nitrogen and oxygen atoms in total. The third-order valence-electron chi connectivity index (χ3n) is 5.41. The first-order valence-electron chi connectivity index (χ1n) is 9.70. The molecule has 0 unspecified atom stereocenters. The summed E-state index contributed by atoms with van der Waals surface area (Å²) < 4.78 is 6.16. The van der Waals surface area contributed by atoms with Crippen LogP contribution in [0.4, 0.5) is 0 Å². The Morgan fingerprint density at radius 3 is 2.47 bits per heavy atom. The molecule has 142 valence electrons. The van der Waals surface area contributed by atoms with E-state index < -0.39 is 0 Å². The maximum absolute atomic E-state index is 6.50. The smallest absolute Gasteiger partial charge is 0.163 e. The fraction of sp³-hybridized carbons (Fsp3) is 0. The van der Waals surface area contributed by atoms with Crippen molar-refractivity contribution in [1.29, 1.82) is 0 Å². The molecule has 0 aliphatic rings. The number of fused-ring (bicyclic) bond motifs is 4. The number of furan rings is 1. The van der Waals surface area contributed by atoms with E-state index in [1.807, 2.05) is 48.5 Å². The molecule has 6 rings (SSSR count). The summed E-state index contributed by atoms with van der Waals surface area (Å²) in [7, 11) is 0. The first kappa shape index (κ1) is 17.2. The Bertz CT molecular complexity index is 1570.